The molecule has 0 amide bonds. The first kappa shape index (κ1) is 19.9. The number of carbonyl (C=O) groups excluding carboxylic acids is 1. The highest BCUT2D eigenvalue weighted by molar-refractivity contribution is 9.10. The number of benzene rings is 2. The van der Waals surface area contributed by atoms with Gasteiger partial charge in [-0.25, -0.2) is 4.57 Å². The van der Waals surface area contributed by atoms with Crippen molar-refractivity contribution in [1.82, 2.24) is 4.98 Å². The molecule has 132 valence electrons. The van der Waals surface area contributed by atoms with E-state index in [0.29, 0.717) is 5.56 Å². The summed E-state index contributed by atoms with van der Waals surface area (Å²) >= 11 is 3.39. The van der Waals surface area contributed by atoms with Crippen molar-refractivity contribution in [2.45, 2.75) is 6.54 Å². The Balaban J connectivity index is 0.00000243. The molecule has 1 heterocycles. The van der Waals surface area contributed by atoms with E-state index in [1.54, 1.807) is 23.2 Å². The number of nitrogens with zero attached hydrogens (tertiary/aromatic N) is 3. The lowest BCUT2D eigenvalue weighted by molar-refractivity contribution is -0.686. The highest BCUT2D eigenvalue weighted by Crippen LogP contribution is 2.18. The average molecular weight is 479 g/mol. The summed E-state index contributed by atoms with van der Waals surface area (Å²) in [6.07, 6.45) is 3.34. The fraction of sp³-hybridized carbons (Fsp3) is 0.0556. The molecule has 3 aromatic rings. The van der Waals surface area contributed by atoms with Gasteiger partial charge in [0.2, 0.25) is 5.78 Å². The smallest absolute Gasteiger partial charge is 0.287 e. The second-order valence-electron chi connectivity index (χ2n) is 5.36. The molecule has 2 aromatic carbocycles. The highest BCUT2D eigenvalue weighted by Gasteiger charge is 2.14. The number of aromatic nitrogens is 2. The van der Waals surface area contributed by atoms with Crippen molar-refractivity contribution < 1.29 is 31.3 Å². The summed E-state index contributed by atoms with van der Waals surface area (Å²) in [5, 5.41) is 10.8. The lowest BCUT2D eigenvalue weighted by atomic mass is 10.1. The van der Waals surface area contributed by atoms with Crippen LogP contribution in [0.2, 0.25) is 0 Å². The summed E-state index contributed by atoms with van der Waals surface area (Å²) in [5.74, 6) is -0.216. The summed E-state index contributed by atoms with van der Waals surface area (Å²) in [4.78, 5) is 27.0. The zero-order chi connectivity index (χ0) is 17.8. The van der Waals surface area contributed by atoms with E-state index >= 15 is 0 Å². The third-order valence-electron chi connectivity index (χ3n) is 3.61. The lowest BCUT2D eigenvalue weighted by Crippen LogP contribution is -3.00. The van der Waals surface area contributed by atoms with Gasteiger partial charge in [-0.15, -0.1) is 0 Å². The van der Waals surface area contributed by atoms with Crippen LogP contribution in [0.4, 0.5) is 5.69 Å². The molecule has 6 nitrogen and oxygen atoms in total. The van der Waals surface area contributed by atoms with Gasteiger partial charge in [-0.3, -0.25) is 14.9 Å². The molecule has 1 aromatic heterocycles. The third kappa shape index (κ3) is 4.80. The summed E-state index contributed by atoms with van der Waals surface area (Å²) in [5.41, 5.74) is 1.98. The number of Topliss-reactive ketones (excluding diaryl/α,β-unsaturated/α-hetero) is 1. The van der Waals surface area contributed by atoms with Crippen LogP contribution in [0.1, 0.15) is 10.4 Å². The average Bonchev–Trinajstić information content (AvgIpc) is 2.63. The molecule has 0 aliphatic carbocycles. The van der Waals surface area contributed by atoms with Crippen LogP contribution in [0, 0.1) is 10.1 Å². The minimum Gasteiger partial charge on any atom is -1.00 e. The van der Waals surface area contributed by atoms with Crippen LogP contribution in [0.25, 0.3) is 11.3 Å². The van der Waals surface area contributed by atoms with Crippen LogP contribution in [0.5, 0.6) is 0 Å². The number of non-ortho nitro benzene ring substituents is 1. The molecular formula is C18H13Br2N3O3. The normalized spacial score (nSPS) is 10.0. The van der Waals surface area contributed by atoms with Crippen LogP contribution >= 0.6 is 15.9 Å². The quantitative estimate of drug-likeness (QED) is 0.233. The Bertz CT molecular complexity index is 929. The molecule has 0 unspecified atom stereocenters. The summed E-state index contributed by atoms with van der Waals surface area (Å²) in [7, 11) is 0. The second-order valence-corrected chi connectivity index (χ2v) is 6.27. The van der Waals surface area contributed by atoms with Crippen molar-refractivity contribution in [1.29, 1.82) is 0 Å². The number of hydrogen-bond acceptors (Lipinski definition) is 4. The monoisotopic (exact) mass is 477 g/mol. The van der Waals surface area contributed by atoms with E-state index in [0.717, 1.165) is 15.7 Å². The van der Waals surface area contributed by atoms with E-state index in [9.17, 15) is 14.9 Å². The van der Waals surface area contributed by atoms with E-state index in [1.807, 2.05) is 30.3 Å². The largest absolute Gasteiger partial charge is 1.00 e. The molecule has 0 bridgehead atoms. The number of halogens is 2. The molecule has 26 heavy (non-hydrogen) atoms. The maximum Gasteiger partial charge on any atom is 0.287 e. The number of rotatable bonds is 5. The summed E-state index contributed by atoms with van der Waals surface area (Å²) in [6.45, 7) is 0.0643. The number of ketones is 1. The fourth-order valence-corrected chi connectivity index (χ4v) is 2.58. The van der Waals surface area contributed by atoms with Gasteiger partial charge in [0, 0.05) is 33.8 Å². The van der Waals surface area contributed by atoms with Crippen molar-refractivity contribution in [2.24, 2.45) is 0 Å². The van der Waals surface area contributed by atoms with Gasteiger partial charge in [0.25, 0.3) is 12.0 Å². The number of nitro groups is 1. The first-order valence-electron chi connectivity index (χ1n) is 7.41. The Morgan fingerprint density at radius 1 is 1.15 bits per heavy atom. The maximum atomic E-state index is 12.3. The lowest BCUT2D eigenvalue weighted by Gasteiger charge is -2.01. The maximum absolute atomic E-state index is 12.3. The highest BCUT2D eigenvalue weighted by atomic mass is 79.9. The van der Waals surface area contributed by atoms with E-state index in [-0.39, 0.29) is 35.0 Å². The number of nitro benzene ring substituents is 1. The van der Waals surface area contributed by atoms with Crippen molar-refractivity contribution in [3.8, 4) is 11.3 Å². The molecule has 0 radical (unpaired) electrons. The van der Waals surface area contributed by atoms with Crippen LogP contribution in [0.3, 0.4) is 0 Å². The van der Waals surface area contributed by atoms with Gasteiger partial charge < -0.3 is 17.0 Å². The Kier molecular flexibility index (Phi) is 6.70. The van der Waals surface area contributed by atoms with Crippen molar-refractivity contribution in [3.63, 3.8) is 0 Å². The molecule has 0 N–H and O–H groups in total. The van der Waals surface area contributed by atoms with Crippen LogP contribution in [0.15, 0.2) is 71.6 Å². The Morgan fingerprint density at radius 3 is 2.50 bits per heavy atom. The van der Waals surface area contributed by atoms with Crippen LogP contribution in [-0.4, -0.2) is 15.7 Å². The second kappa shape index (κ2) is 8.77. The molecule has 8 heteroatoms. The van der Waals surface area contributed by atoms with Gasteiger partial charge in [-0.2, -0.15) is 0 Å². The van der Waals surface area contributed by atoms with E-state index in [2.05, 4.69) is 20.9 Å². The number of hydrogen-bond donors (Lipinski definition) is 0. The van der Waals surface area contributed by atoms with Crippen LogP contribution in [-0.2, 0) is 6.54 Å². The zero-order valence-corrected chi connectivity index (χ0v) is 16.6. The molecule has 3 rings (SSSR count). The predicted octanol–water partition coefficient (Wildman–Crippen LogP) is 0.594. The fourth-order valence-electron chi connectivity index (χ4n) is 2.32. The van der Waals surface area contributed by atoms with E-state index in [1.165, 1.54) is 18.2 Å². The Labute approximate surface area is 168 Å². The van der Waals surface area contributed by atoms with Crippen molar-refractivity contribution in [3.05, 3.63) is 87.3 Å². The van der Waals surface area contributed by atoms with Gasteiger partial charge in [-0.1, -0.05) is 28.1 Å². The Morgan fingerprint density at radius 2 is 1.88 bits per heavy atom. The Hall–Kier alpha value is -2.45. The molecule has 0 saturated carbocycles. The SMILES string of the molecule is O=C(C[n+]1ccc(-c2ccc(Br)cc2)nc1)c1cccc([N+](=O)[O-])c1.[Br-]. The molecule has 0 saturated heterocycles. The van der Waals surface area contributed by atoms with E-state index < -0.39 is 4.92 Å². The van der Waals surface area contributed by atoms with Crippen molar-refractivity contribution in [2.75, 3.05) is 0 Å². The van der Waals surface area contributed by atoms with Gasteiger partial charge in [0.05, 0.1) is 11.1 Å². The van der Waals surface area contributed by atoms with Gasteiger partial charge in [0.15, 0.2) is 12.2 Å². The summed E-state index contributed by atoms with van der Waals surface area (Å²) < 4.78 is 2.63. The minimum absolute atomic E-state index is 0. The minimum atomic E-state index is -0.515. The molecule has 0 aliphatic rings. The molecule has 0 atom stereocenters. The van der Waals surface area contributed by atoms with Gasteiger partial charge in [-0.05, 0) is 29.2 Å². The molecule has 0 spiro atoms. The molecular weight excluding hydrogens is 466 g/mol. The van der Waals surface area contributed by atoms with Gasteiger partial charge in [0.1, 0.15) is 0 Å². The van der Waals surface area contributed by atoms with Crippen LogP contribution < -0.4 is 21.5 Å². The summed E-state index contributed by atoms with van der Waals surface area (Å²) in [6, 6.07) is 15.3. The first-order chi connectivity index (χ1) is 12.0. The standard InChI is InChI=1S/C18H13BrN3O3.BrH/c19-15-6-4-13(5-7-15)17-8-9-21(12-20-17)11-18(23)14-2-1-3-16(10-14)22(24)25;/h1-10,12H,11H2;1H/q+1;/p-1. The van der Waals surface area contributed by atoms with E-state index in [4.69, 9.17) is 0 Å². The van der Waals surface area contributed by atoms with Gasteiger partial charge >= 0.3 is 0 Å². The van der Waals surface area contributed by atoms with Crippen molar-refractivity contribution >= 4 is 27.4 Å². The topological polar surface area (TPSA) is 77.0 Å². The zero-order valence-electron chi connectivity index (χ0n) is 13.4. The number of carbonyl (C=O) groups is 1. The molecule has 0 fully saturated rings. The first-order valence-corrected chi connectivity index (χ1v) is 8.21. The predicted molar refractivity (Wildman–Crippen MR) is 95.0 cm³/mol. The molecule has 0 aliphatic heterocycles. The third-order valence-corrected chi connectivity index (χ3v) is 4.14.